The quantitative estimate of drug-likeness (QED) is 0.804. The molecule has 1 unspecified atom stereocenters. The number of aromatic hydroxyl groups is 1. The van der Waals surface area contributed by atoms with Crippen molar-refractivity contribution in [2.24, 2.45) is 0 Å². The average molecular weight is 242 g/mol. The zero-order valence-corrected chi connectivity index (χ0v) is 9.99. The first-order valence-electron chi connectivity index (χ1n) is 5.13. The van der Waals surface area contributed by atoms with E-state index in [-0.39, 0.29) is 23.8 Å². The summed E-state index contributed by atoms with van der Waals surface area (Å²) in [4.78, 5) is 10.4. The SMILES string of the molecule is COc1cc(C(C)CC=O)c(O)c(F)c1OC. The van der Waals surface area contributed by atoms with Gasteiger partial charge in [0.2, 0.25) is 11.6 Å². The maximum atomic E-state index is 13.8. The van der Waals surface area contributed by atoms with Gasteiger partial charge in [-0.1, -0.05) is 6.92 Å². The van der Waals surface area contributed by atoms with Crippen LogP contribution in [0.5, 0.6) is 17.2 Å². The second-order valence-electron chi connectivity index (χ2n) is 3.67. The Morgan fingerprint density at radius 1 is 1.47 bits per heavy atom. The number of carbonyl (C=O) groups is 1. The summed E-state index contributed by atoms with van der Waals surface area (Å²) in [6.45, 7) is 1.72. The maximum Gasteiger partial charge on any atom is 0.210 e. The van der Waals surface area contributed by atoms with E-state index in [1.165, 1.54) is 20.3 Å². The highest BCUT2D eigenvalue weighted by Gasteiger charge is 2.22. The fourth-order valence-electron chi connectivity index (χ4n) is 1.61. The van der Waals surface area contributed by atoms with Crippen molar-refractivity contribution < 1.29 is 23.8 Å². The van der Waals surface area contributed by atoms with Gasteiger partial charge in [0.1, 0.15) is 6.29 Å². The Labute approximate surface area is 99.0 Å². The predicted molar refractivity (Wildman–Crippen MR) is 60.3 cm³/mol. The smallest absolute Gasteiger partial charge is 0.210 e. The van der Waals surface area contributed by atoms with Gasteiger partial charge in [-0.25, -0.2) is 0 Å². The molecule has 94 valence electrons. The molecule has 0 saturated heterocycles. The summed E-state index contributed by atoms with van der Waals surface area (Å²) in [7, 11) is 2.66. The van der Waals surface area contributed by atoms with Crippen molar-refractivity contribution in [1.29, 1.82) is 0 Å². The lowest BCUT2D eigenvalue weighted by Gasteiger charge is -2.16. The van der Waals surface area contributed by atoms with Crippen LogP contribution in [0.4, 0.5) is 4.39 Å². The molecule has 1 aromatic rings. The number of methoxy groups -OCH3 is 2. The molecule has 0 aromatic heterocycles. The van der Waals surface area contributed by atoms with Crippen molar-refractivity contribution in [3.05, 3.63) is 17.4 Å². The summed E-state index contributed by atoms with van der Waals surface area (Å²) in [6.07, 6.45) is 0.918. The van der Waals surface area contributed by atoms with E-state index in [0.29, 0.717) is 5.56 Å². The molecule has 0 saturated carbocycles. The lowest BCUT2D eigenvalue weighted by molar-refractivity contribution is -0.108. The largest absolute Gasteiger partial charge is 0.505 e. The first kappa shape index (κ1) is 13.3. The van der Waals surface area contributed by atoms with Crippen LogP contribution in [0.3, 0.4) is 0 Å². The van der Waals surface area contributed by atoms with Gasteiger partial charge in [-0.3, -0.25) is 0 Å². The number of aldehydes is 1. The Morgan fingerprint density at radius 2 is 2.12 bits per heavy atom. The van der Waals surface area contributed by atoms with E-state index in [0.717, 1.165) is 6.29 Å². The Hall–Kier alpha value is -1.78. The van der Waals surface area contributed by atoms with Crippen molar-refractivity contribution in [3.8, 4) is 17.2 Å². The minimum Gasteiger partial charge on any atom is -0.505 e. The Morgan fingerprint density at radius 3 is 2.59 bits per heavy atom. The molecule has 0 heterocycles. The van der Waals surface area contributed by atoms with Gasteiger partial charge in [-0.05, 0) is 12.0 Å². The summed E-state index contributed by atoms with van der Waals surface area (Å²) in [5.74, 6) is -1.62. The molecule has 1 rings (SSSR count). The second kappa shape index (κ2) is 5.52. The van der Waals surface area contributed by atoms with Crippen LogP contribution in [-0.2, 0) is 4.79 Å². The van der Waals surface area contributed by atoms with E-state index in [1.54, 1.807) is 6.92 Å². The van der Waals surface area contributed by atoms with Crippen LogP contribution >= 0.6 is 0 Å². The summed E-state index contributed by atoms with van der Waals surface area (Å²) >= 11 is 0. The molecule has 0 bridgehead atoms. The van der Waals surface area contributed by atoms with Crippen LogP contribution in [0.1, 0.15) is 24.8 Å². The summed E-state index contributed by atoms with van der Waals surface area (Å²) in [5.41, 5.74) is 0.326. The molecule has 0 aliphatic carbocycles. The minimum absolute atomic E-state index is 0.146. The highest BCUT2D eigenvalue weighted by Crippen LogP contribution is 2.41. The fraction of sp³-hybridized carbons (Fsp3) is 0.417. The predicted octanol–water partition coefficient (Wildman–Crippen LogP) is 2.24. The third kappa shape index (κ3) is 2.49. The van der Waals surface area contributed by atoms with Gasteiger partial charge in [-0.15, -0.1) is 0 Å². The molecule has 1 atom stereocenters. The standard InChI is InChI=1S/C12H15FO4/c1-7(4-5-14)8-6-9(16-2)12(17-3)10(13)11(8)15/h5-7,15H,4H2,1-3H3. The van der Waals surface area contributed by atoms with Crippen molar-refractivity contribution in [2.45, 2.75) is 19.3 Å². The van der Waals surface area contributed by atoms with E-state index < -0.39 is 11.6 Å². The normalized spacial score (nSPS) is 12.0. The number of ether oxygens (including phenoxy) is 2. The van der Waals surface area contributed by atoms with Crippen molar-refractivity contribution in [1.82, 2.24) is 0 Å². The van der Waals surface area contributed by atoms with Crippen molar-refractivity contribution in [3.63, 3.8) is 0 Å². The molecular formula is C12H15FO4. The zero-order valence-electron chi connectivity index (χ0n) is 9.99. The molecular weight excluding hydrogens is 227 g/mol. The summed E-state index contributed by atoms with van der Waals surface area (Å²) < 4.78 is 23.6. The number of hydrogen-bond donors (Lipinski definition) is 1. The van der Waals surface area contributed by atoms with Crippen LogP contribution in [0.25, 0.3) is 0 Å². The van der Waals surface area contributed by atoms with Gasteiger partial charge in [0.15, 0.2) is 11.5 Å². The van der Waals surface area contributed by atoms with Gasteiger partial charge in [0.05, 0.1) is 14.2 Å². The third-order valence-corrected chi connectivity index (χ3v) is 2.60. The van der Waals surface area contributed by atoms with Gasteiger partial charge < -0.3 is 19.4 Å². The van der Waals surface area contributed by atoms with Crippen LogP contribution < -0.4 is 9.47 Å². The number of phenols is 1. The lowest BCUT2D eigenvalue weighted by Crippen LogP contribution is -2.01. The van der Waals surface area contributed by atoms with Gasteiger partial charge in [-0.2, -0.15) is 4.39 Å². The number of benzene rings is 1. The second-order valence-corrected chi connectivity index (χ2v) is 3.67. The molecule has 0 aliphatic heterocycles. The molecule has 0 aliphatic rings. The molecule has 0 fully saturated rings. The van der Waals surface area contributed by atoms with E-state index in [2.05, 4.69) is 0 Å². The molecule has 1 N–H and O–H groups in total. The molecule has 17 heavy (non-hydrogen) atoms. The average Bonchev–Trinajstić information content (AvgIpc) is 2.32. The molecule has 4 nitrogen and oxygen atoms in total. The van der Waals surface area contributed by atoms with Crippen LogP contribution in [0.15, 0.2) is 6.07 Å². The first-order valence-corrected chi connectivity index (χ1v) is 5.13. The van der Waals surface area contributed by atoms with Crippen molar-refractivity contribution in [2.75, 3.05) is 14.2 Å². The lowest BCUT2D eigenvalue weighted by atomic mass is 9.96. The number of phenolic OH excluding ortho intramolecular Hbond substituents is 1. The first-order chi connectivity index (χ1) is 8.06. The highest BCUT2D eigenvalue weighted by molar-refractivity contribution is 5.56. The third-order valence-electron chi connectivity index (χ3n) is 2.60. The minimum atomic E-state index is -0.875. The van der Waals surface area contributed by atoms with E-state index in [4.69, 9.17) is 9.47 Å². The van der Waals surface area contributed by atoms with E-state index >= 15 is 0 Å². The number of rotatable bonds is 5. The summed E-state index contributed by atoms with van der Waals surface area (Å²) in [5, 5.41) is 9.70. The van der Waals surface area contributed by atoms with E-state index in [9.17, 15) is 14.3 Å². The van der Waals surface area contributed by atoms with Gasteiger partial charge >= 0.3 is 0 Å². The fourth-order valence-corrected chi connectivity index (χ4v) is 1.61. The Bertz CT molecular complexity index is 417. The number of halogens is 1. The molecule has 0 amide bonds. The Balaban J connectivity index is 3.33. The topological polar surface area (TPSA) is 55.8 Å². The molecule has 1 aromatic carbocycles. The molecule has 5 heteroatoms. The monoisotopic (exact) mass is 242 g/mol. The number of hydrogen-bond acceptors (Lipinski definition) is 4. The van der Waals surface area contributed by atoms with Gasteiger partial charge in [0.25, 0.3) is 0 Å². The maximum absolute atomic E-state index is 13.8. The van der Waals surface area contributed by atoms with E-state index in [1.807, 2.05) is 0 Å². The van der Waals surface area contributed by atoms with Crippen LogP contribution in [0, 0.1) is 5.82 Å². The Kier molecular flexibility index (Phi) is 4.31. The van der Waals surface area contributed by atoms with Crippen molar-refractivity contribution >= 4 is 6.29 Å². The van der Waals surface area contributed by atoms with Crippen LogP contribution in [-0.4, -0.2) is 25.6 Å². The number of carbonyl (C=O) groups excluding carboxylic acids is 1. The van der Waals surface area contributed by atoms with Gasteiger partial charge in [0, 0.05) is 12.0 Å². The molecule has 0 spiro atoms. The zero-order chi connectivity index (χ0) is 13.0. The highest BCUT2D eigenvalue weighted by atomic mass is 19.1. The summed E-state index contributed by atoms with van der Waals surface area (Å²) in [6, 6.07) is 1.48. The molecule has 0 radical (unpaired) electrons. The van der Waals surface area contributed by atoms with Crippen LogP contribution in [0.2, 0.25) is 0 Å².